The van der Waals surface area contributed by atoms with E-state index in [1.807, 2.05) is 20.8 Å². The number of hydrogen-bond acceptors (Lipinski definition) is 2. The molecule has 0 aliphatic carbocycles. The van der Waals surface area contributed by atoms with Gasteiger partial charge in [-0.15, -0.1) is 0 Å². The molecule has 1 unspecified atom stereocenters. The normalized spacial score (nSPS) is 12.1. The Balaban J connectivity index is 2.72. The van der Waals surface area contributed by atoms with Crippen molar-refractivity contribution in [3.8, 4) is 5.75 Å². The van der Waals surface area contributed by atoms with Gasteiger partial charge in [-0.3, -0.25) is 0 Å². The first kappa shape index (κ1) is 14.6. The van der Waals surface area contributed by atoms with Crippen molar-refractivity contribution in [3.63, 3.8) is 0 Å². The Kier molecular flexibility index (Phi) is 5.28. The summed E-state index contributed by atoms with van der Waals surface area (Å²) in [5.41, 5.74) is 0.554. The third-order valence-corrected chi connectivity index (χ3v) is 3.00. The summed E-state index contributed by atoms with van der Waals surface area (Å²) in [6.45, 7) is 6.05. The minimum absolute atomic E-state index is 0.0928. The molecule has 0 aromatic heterocycles. The highest BCUT2D eigenvalue weighted by molar-refractivity contribution is 6.31. The van der Waals surface area contributed by atoms with Gasteiger partial charge in [0.2, 0.25) is 0 Å². The van der Waals surface area contributed by atoms with Crippen molar-refractivity contribution in [3.05, 3.63) is 23.2 Å². The van der Waals surface area contributed by atoms with E-state index in [1.165, 1.54) is 0 Å². The highest BCUT2D eigenvalue weighted by atomic mass is 35.5. The maximum Gasteiger partial charge on any atom is 0.319 e. The molecule has 0 aliphatic heterocycles. The van der Waals surface area contributed by atoms with Crippen molar-refractivity contribution in [2.24, 2.45) is 5.92 Å². The van der Waals surface area contributed by atoms with Crippen LogP contribution in [0.15, 0.2) is 18.2 Å². The first-order valence-corrected chi connectivity index (χ1v) is 6.23. The number of halogens is 1. The predicted octanol–water partition coefficient (Wildman–Crippen LogP) is 3.51. The van der Waals surface area contributed by atoms with E-state index in [0.29, 0.717) is 22.4 Å². The molecule has 5 heteroatoms. The van der Waals surface area contributed by atoms with E-state index in [4.69, 9.17) is 16.3 Å². The molecule has 0 bridgehead atoms. The maximum absolute atomic E-state index is 11.8. The lowest BCUT2D eigenvalue weighted by Gasteiger charge is -2.18. The van der Waals surface area contributed by atoms with Crippen LogP contribution < -0.4 is 15.4 Å². The van der Waals surface area contributed by atoms with Crippen LogP contribution >= 0.6 is 11.6 Å². The third kappa shape index (κ3) is 4.11. The smallest absolute Gasteiger partial charge is 0.319 e. The number of rotatable bonds is 4. The summed E-state index contributed by atoms with van der Waals surface area (Å²) in [6.07, 6.45) is 0. The second kappa shape index (κ2) is 6.50. The molecule has 1 aromatic carbocycles. The summed E-state index contributed by atoms with van der Waals surface area (Å²) < 4.78 is 5.15. The van der Waals surface area contributed by atoms with E-state index < -0.39 is 0 Å². The number of anilines is 1. The summed E-state index contributed by atoms with van der Waals surface area (Å²) in [6, 6.07) is 4.90. The first-order chi connectivity index (χ1) is 8.43. The Morgan fingerprint density at radius 1 is 1.33 bits per heavy atom. The fraction of sp³-hybridized carbons (Fsp3) is 0.462. The topological polar surface area (TPSA) is 50.4 Å². The van der Waals surface area contributed by atoms with Crippen LogP contribution in [-0.2, 0) is 0 Å². The summed E-state index contributed by atoms with van der Waals surface area (Å²) >= 11 is 5.89. The molecule has 0 aliphatic rings. The van der Waals surface area contributed by atoms with Crippen molar-refractivity contribution < 1.29 is 9.53 Å². The number of carbonyl (C=O) groups excluding carboxylic acids is 1. The molecule has 0 radical (unpaired) electrons. The summed E-state index contributed by atoms with van der Waals surface area (Å²) in [5, 5.41) is 6.12. The van der Waals surface area contributed by atoms with Gasteiger partial charge in [0, 0.05) is 11.1 Å². The second-order valence-electron chi connectivity index (χ2n) is 4.48. The predicted molar refractivity (Wildman–Crippen MR) is 74.5 cm³/mol. The quantitative estimate of drug-likeness (QED) is 0.880. The fourth-order valence-electron chi connectivity index (χ4n) is 1.31. The van der Waals surface area contributed by atoms with Gasteiger partial charge >= 0.3 is 6.03 Å². The number of nitrogens with one attached hydrogen (secondary N) is 2. The zero-order valence-electron chi connectivity index (χ0n) is 11.1. The van der Waals surface area contributed by atoms with E-state index in [2.05, 4.69) is 10.6 Å². The van der Waals surface area contributed by atoms with E-state index >= 15 is 0 Å². The first-order valence-electron chi connectivity index (χ1n) is 5.85. The Morgan fingerprint density at radius 2 is 2.00 bits per heavy atom. The SMILES string of the molecule is COc1ccc(Cl)cc1NC(=O)NC(C)C(C)C. The van der Waals surface area contributed by atoms with Crippen molar-refractivity contribution in [2.45, 2.75) is 26.8 Å². The number of carbonyl (C=O) groups is 1. The largest absolute Gasteiger partial charge is 0.495 e. The van der Waals surface area contributed by atoms with Gasteiger partial charge in [0.1, 0.15) is 5.75 Å². The summed E-state index contributed by atoms with van der Waals surface area (Å²) in [5.74, 6) is 0.948. The Bertz CT molecular complexity index is 421. The van der Waals surface area contributed by atoms with E-state index in [-0.39, 0.29) is 12.1 Å². The highest BCUT2D eigenvalue weighted by Gasteiger charge is 2.12. The zero-order valence-corrected chi connectivity index (χ0v) is 11.8. The number of amides is 2. The van der Waals surface area contributed by atoms with Crippen molar-refractivity contribution in [2.75, 3.05) is 12.4 Å². The van der Waals surface area contributed by atoms with Crippen LogP contribution in [0.2, 0.25) is 5.02 Å². The van der Waals surface area contributed by atoms with Crippen molar-refractivity contribution in [1.29, 1.82) is 0 Å². The van der Waals surface area contributed by atoms with Gasteiger partial charge in [0.25, 0.3) is 0 Å². The minimum atomic E-state index is -0.267. The average Bonchev–Trinajstić information content (AvgIpc) is 2.28. The van der Waals surface area contributed by atoms with Crippen LogP contribution in [0.3, 0.4) is 0 Å². The average molecular weight is 271 g/mol. The van der Waals surface area contributed by atoms with Crippen LogP contribution in [0, 0.1) is 5.92 Å². The summed E-state index contributed by atoms with van der Waals surface area (Å²) in [4.78, 5) is 11.8. The molecule has 2 amide bonds. The van der Waals surface area contributed by atoms with Crippen LogP contribution in [0.5, 0.6) is 5.75 Å². The Morgan fingerprint density at radius 3 is 2.56 bits per heavy atom. The molecule has 0 spiro atoms. The lowest BCUT2D eigenvalue weighted by Crippen LogP contribution is -2.39. The standard InChI is InChI=1S/C13H19ClN2O2/c1-8(2)9(3)15-13(17)16-11-7-10(14)5-6-12(11)18-4/h5-9H,1-4H3,(H2,15,16,17). The lowest BCUT2D eigenvalue weighted by atomic mass is 10.1. The zero-order chi connectivity index (χ0) is 13.7. The molecule has 0 saturated carbocycles. The maximum atomic E-state index is 11.8. The number of ether oxygens (including phenoxy) is 1. The van der Waals surface area contributed by atoms with Gasteiger partial charge in [0.05, 0.1) is 12.8 Å². The molecule has 0 fully saturated rings. The molecular weight excluding hydrogens is 252 g/mol. The van der Waals surface area contributed by atoms with E-state index in [0.717, 1.165) is 0 Å². The van der Waals surface area contributed by atoms with Crippen LogP contribution in [0.4, 0.5) is 10.5 Å². The fourth-order valence-corrected chi connectivity index (χ4v) is 1.48. The lowest BCUT2D eigenvalue weighted by molar-refractivity contribution is 0.246. The molecule has 1 atom stereocenters. The molecule has 1 rings (SSSR count). The molecule has 0 saturated heterocycles. The number of urea groups is 1. The van der Waals surface area contributed by atoms with Crippen LogP contribution in [0.1, 0.15) is 20.8 Å². The van der Waals surface area contributed by atoms with Gasteiger partial charge in [-0.1, -0.05) is 25.4 Å². The minimum Gasteiger partial charge on any atom is -0.495 e. The van der Waals surface area contributed by atoms with Gasteiger partial charge in [-0.05, 0) is 31.0 Å². The van der Waals surface area contributed by atoms with Gasteiger partial charge in [0.15, 0.2) is 0 Å². The molecule has 100 valence electrons. The van der Waals surface area contributed by atoms with Crippen LogP contribution in [-0.4, -0.2) is 19.2 Å². The van der Waals surface area contributed by atoms with Gasteiger partial charge < -0.3 is 15.4 Å². The van der Waals surface area contributed by atoms with E-state index in [9.17, 15) is 4.79 Å². The third-order valence-electron chi connectivity index (χ3n) is 2.77. The van der Waals surface area contributed by atoms with E-state index in [1.54, 1.807) is 25.3 Å². The number of hydrogen-bond donors (Lipinski definition) is 2. The molecule has 18 heavy (non-hydrogen) atoms. The Labute approximate surface area is 113 Å². The van der Waals surface area contributed by atoms with Crippen molar-refractivity contribution in [1.82, 2.24) is 5.32 Å². The monoisotopic (exact) mass is 270 g/mol. The van der Waals surface area contributed by atoms with Crippen LogP contribution in [0.25, 0.3) is 0 Å². The summed E-state index contributed by atoms with van der Waals surface area (Å²) in [7, 11) is 1.54. The highest BCUT2D eigenvalue weighted by Crippen LogP contribution is 2.27. The Hall–Kier alpha value is -1.42. The van der Waals surface area contributed by atoms with Gasteiger partial charge in [-0.2, -0.15) is 0 Å². The second-order valence-corrected chi connectivity index (χ2v) is 4.91. The number of methoxy groups -OCH3 is 1. The molecule has 4 nitrogen and oxygen atoms in total. The number of benzene rings is 1. The molecule has 1 aromatic rings. The molecule has 0 heterocycles. The van der Waals surface area contributed by atoms with Gasteiger partial charge in [-0.25, -0.2) is 4.79 Å². The molecule has 2 N–H and O–H groups in total. The molecular formula is C13H19ClN2O2. The van der Waals surface area contributed by atoms with Crippen molar-refractivity contribution >= 4 is 23.3 Å².